The average Bonchev–Trinajstić information content (AvgIpc) is 2.92. The first kappa shape index (κ1) is 29.6. The minimum absolute atomic E-state index is 0.0506. The minimum atomic E-state index is -4.71. The summed E-state index contributed by atoms with van der Waals surface area (Å²) in [7, 11) is -4.20. The molecule has 1 amide bonds. The van der Waals surface area contributed by atoms with Crippen LogP contribution in [0.1, 0.15) is 53.9 Å². The Morgan fingerprint density at radius 1 is 1.00 bits per heavy atom. The number of hydrogen-bond donors (Lipinski definition) is 1. The molecule has 2 aliphatic rings. The SMILES string of the molecule is CC(C)(C1CCN(C(=O)c2ncc(C(F)(F)F)cc2C2=CNCN=C2)CC1)S(=O)(=O)c1cccc(C(F)(F)F)c1. The van der Waals surface area contributed by atoms with Crippen molar-refractivity contribution in [3.8, 4) is 0 Å². The number of aliphatic imine (C=N–C) groups is 1. The zero-order valence-electron chi connectivity index (χ0n) is 21.5. The molecule has 1 N–H and O–H groups in total. The quantitative estimate of drug-likeness (QED) is 0.486. The molecule has 0 atom stereocenters. The number of rotatable bonds is 5. The van der Waals surface area contributed by atoms with Gasteiger partial charge >= 0.3 is 12.4 Å². The number of aromatic nitrogens is 1. The summed E-state index contributed by atoms with van der Waals surface area (Å²) in [6.45, 7) is 3.29. The van der Waals surface area contributed by atoms with Crippen LogP contribution in [-0.4, -0.2) is 54.9 Å². The van der Waals surface area contributed by atoms with Crippen molar-refractivity contribution in [1.29, 1.82) is 0 Å². The summed E-state index contributed by atoms with van der Waals surface area (Å²) < 4.78 is 105. The minimum Gasteiger partial charge on any atom is -0.372 e. The second kappa shape index (κ2) is 10.5. The predicted octanol–water partition coefficient (Wildman–Crippen LogP) is 5.20. The molecule has 1 fully saturated rings. The van der Waals surface area contributed by atoms with Crippen LogP contribution in [0.3, 0.4) is 0 Å². The van der Waals surface area contributed by atoms with Crippen molar-refractivity contribution in [2.24, 2.45) is 10.9 Å². The summed E-state index contributed by atoms with van der Waals surface area (Å²) in [5.41, 5.74) is -2.11. The first-order valence-corrected chi connectivity index (χ1v) is 13.7. The number of allylic oxidation sites excluding steroid dienone is 1. The fourth-order valence-corrected chi connectivity index (χ4v) is 6.66. The third-order valence-electron chi connectivity index (χ3n) is 7.33. The van der Waals surface area contributed by atoms with E-state index >= 15 is 0 Å². The monoisotopic (exact) mass is 588 g/mol. The van der Waals surface area contributed by atoms with Crippen molar-refractivity contribution in [2.75, 3.05) is 19.8 Å². The maximum Gasteiger partial charge on any atom is 0.417 e. The summed E-state index contributed by atoms with van der Waals surface area (Å²) in [6, 6.07) is 4.42. The van der Waals surface area contributed by atoms with E-state index < -0.39 is 54.8 Å². The molecule has 3 heterocycles. The Labute approximate surface area is 226 Å². The largest absolute Gasteiger partial charge is 0.417 e. The van der Waals surface area contributed by atoms with Crippen LogP contribution >= 0.6 is 0 Å². The van der Waals surface area contributed by atoms with Crippen LogP contribution in [0.25, 0.3) is 5.57 Å². The number of carbonyl (C=O) groups is 1. The summed E-state index contributed by atoms with van der Waals surface area (Å²) in [5.74, 6) is -1.13. The van der Waals surface area contributed by atoms with E-state index in [1.807, 2.05) is 0 Å². The zero-order valence-corrected chi connectivity index (χ0v) is 22.3. The van der Waals surface area contributed by atoms with Gasteiger partial charge in [0, 0.05) is 42.8 Å². The maximum absolute atomic E-state index is 13.4. The second-order valence-corrected chi connectivity index (χ2v) is 12.6. The number of sulfone groups is 1. The van der Waals surface area contributed by atoms with E-state index in [4.69, 9.17) is 0 Å². The van der Waals surface area contributed by atoms with E-state index in [2.05, 4.69) is 15.3 Å². The Morgan fingerprint density at radius 2 is 1.65 bits per heavy atom. The predicted molar refractivity (Wildman–Crippen MR) is 135 cm³/mol. The van der Waals surface area contributed by atoms with Crippen LogP contribution in [0.2, 0.25) is 0 Å². The highest BCUT2D eigenvalue weighted by Gasteiger charge is 2.45. The molecule has 7 nitrogen and oxygen atoms in total. The van der Waals surface area contributed by atoms with Crippen molar-refractivity contribution in [3.63, 3.8) is 0 Å². The number of carbonyl (C=O) groups excluding carboxylic acids is 1. The number of nitrogens with zero attached hydrogens (tertiary/aromatic N) is 3. The molecule has 40 heavy (non-hydrogen) atoms. The van der Waals surface area contributed by atoms with Gasteiger partial charge in [0.25, 0.3) is 5.91 Å². The maximum atomic E-state index is 13.4. The van der Waals surface area contributed by atoms with Crippen molar-refractivity contribution in [1.82, 2.24) is 15.2 Å². The third-order valence-corrected chi connectivity index (χ3v) is 9.92. The smallest absolute Gasteiger partial charge is 0.372 e. The lowest BCUT2D eigenvalue weighted by molar-refractivity contribution is -0.138. The van der Waals surface area contributed by atoms with Gasteiger partial charge in [-0.2, -0.15) is 26.3 Å². The normalized spacial score (nSPS) is 17.4. The van der Waals surface area contributed by atoms with Gasteiger partial charge in [-0.3, -0.25) is 9.79 Å². The molecule has 1 aromatic carbocycles. The molecule has 0 saturated carbocycles. The molecule has 2 aromatic rings. The molecular weight excluding hydrogens is 562 g/mol. The van der Waals surface area contributed by atoms with Gasteiger partial charge in [0.1, 0.15) is 12.4 Å². The standard InChI is InChI=1S/C26H26F6N4O3S/c1-24(2,40(38,39)20-5-3-4-18(10-20)25(27,28)29)17-6-8-36(9-7-17)23(37)22-21(16-12-33-15-34-13-16)11-19(14-35-22)26(30,31)32/h3-5,10-14,17,33H,6-9,15H2,1-2H3. The first-order chi connectivity index (χ1) is 18.5. The Balaban J connectivity index is 1.55. The van der Waals surface area contributed by atoms with Crippen LogP contribution in [0.5, 0.6) is 0 Å². The van der Waals surface area contributed by atoms with E-state index in [-0.39, 0.29) is 49.4 Å². The van der Waals surface area contributed by atoms with Gasteiger partial charge in [0.05, 0.1) is 20.8 Å². The summed E-state index contributed by atoms with van der Waals surface area (Å²) in [5, 5.41) is 2.79. The first-order valence-electron chi connectivity index (χ1n) is 12.3. The number of amides is 1. The van der Waals surface area contributed by atoms with E-state index in [1.165, 1.54) is 31.2 Å². The molecule has 4 rings (SSSR count). The second-order valence-electron chi connectivity index (χ2n) is 10.1. The molecule has 0 unspecified atom stereocenters. The molecular formula is C26H26F6N4O3S. The fraction of sp³-hybridized carbons (Fsp3) is 0.423. The van der Waals surface area contributed by atoms with Crippen LogP contribution in [-0.2, 0) is 22.2 Å². The topological polar surface area (TPSA) is 91.7 Å². The third kappa shape index (κ3) is 5.72. The van der Waals surface area contributed by atoms with Gasteiger partial charge in [-0.05, 0) is 56.9 Å². The number of benzene rings is 1. The average molecular weight is 589 g/mol. The summed E-state index contributed by atoms with van der Waals surface area (Å²) in [4.78, 5) is 22.2. The van der Waals surface area contributed by atoms with Crippen molar-refractivity contribution in [2.45, 2.75) is 48.7 Å². The Bertz CT molecular complexity index is 1460. The Hall–Kier alpha value is -3.42. The number of pyridine rings is 1. The molecule has 0 bridgehead atoms. The number of nitrogens with one attached hydrogen (secondary N) is 1. The van der Waals surface area contributed by atoms with Crippen molar-refractivity contribution >= 4 is 27.5 Å². The number of alkyl halides is 6. The molecule has 0 aliphatic carbocycles. The van der Waals surface area contributed by atoms with E-state index in [0.29, 0.717) is 12.3 Å². The van der Waals surface area contributed by atoms with Gasteiger partial charge in [-0.15, -0.1) is 0 Å². The molecule has 0 radical (unpaired) electrons. The van der Waals surface area contributed by atoms with E-state index in [9.17, 15) is 39.6 Å². The Kier molecular flexibility index (Phi) is 7.78. The lowest BCUT2D eigenvalue weighted by atomic mass is 9.85. The van der Waals surface area contributed by atoms with Crippen LogP contribution in [0.4, 0.5) is 26.3 Å². The summed E-state index contributed by atoms with van der Waals surface area (Å²) >= 11 is 0. The van der Waals surface area contributed by atoms with Gasteiger partial charge in [-0.1, -0.05) is 6.07 Å². The molecule has 1 saturated heterocycles. The zero-order chi connectivity index (χ0) is 29.5. The van der Waals surface area contributed by atoms with Crippen LogP contribution < -0.4 is 5.32 Å². The molecule has 2 aliphatic heterocycles. The fourth-order valence-electron chi connectivity index (χ4n) is 4.84. The van der Waals surface area contributed by atoms with Crippen molar-refractivity contribution < 1.29 is 39.6 Å². The highest BCUT2D eigenvalue weighted by Crippen LogP contribution is 2.40. The molecule has 1 aromatic heterocycles. The lowest BCUT2D eigenvalue weighted by Gasteiger charge is -2.40. The molecule has 216 valence electrons. The van der Waals surface area contributed by atoms with Gasteiger partial charge in [0.15, 0.2) is 9.84 Å². The number of likely N-dealkylation sites (tertiary alicyclic amines) is 1. The molecule has 0 spiro atoms. The van der Waals surface area contributed by atoms with Gasteiger partial charge in [0.2, 0.25) is 0 Å². The highest BCUT2D eigenvalue weighted by atomic mass is 32.2. The van der Waals surface area contributed by atoms with Gasteiger partial charge < -0.3 is 10.2 Å². The molecule has 14 heteroatoms. The van der Waals surface area contributed by atoms with E-state index in [0.717, 1.165) is 24.3 Å². The number of piperidine rings is 1. The summed E-state index contributed by atoms with van der Waals surface area (Å²) in [6.07, 6.45) is -5.61. The highest BCUT2D eigenvalue weighted by molar-refractivity contribution is 7.92. The van der Waals surface area contributed by atoms with Gasteiger partial charge in [-0.25, -0.2) is 13.4 Å². The van der Waals surface area contributed by atoms with Crippen LogP contribution in [0, 0.1) is 5.92 Å². The Morgan fingerprint density at radius 3 is 2.23 bits per heavy atom. The lowest BCUT2D eigenvalue weighted by Crippen LogP contribution is -2.48. The van der Waals surface area contributed by atoms with E-state index in [1.54, 1.807) is 0 Å². The number of halogens is 6. The van der Waals surface area contributed by atoms with Crippen molar-refractivity contribution in [3.05, 3.63) is 65.1 Å². The van der Waals surface area contributed by atoms with Crippen LogP contribution in [0.15, 0.2) is 52.6 Å². The number of hydrogen-bond acceptors (Lipinski definition) is 6.